The quantitative estimate of drug-likeness (QED) is 0.683. The maximum Gasteiger partial charge on any atom is 0.335 e. The van der Waals surface area contributed by atoms with Crippen LogP contribution in [0.15, 0.2) is 17.1 Å². The van der Waals surface area contributed by atoms with E-state index in [0.717, 1.165) is 0 Å². The van der Waals surface area contributed by atoms with Crippen LogP contribution in [-0.2, 0) is 4.79 Å². The van der Waals surface area contributed by atoms with E-state index in [9.17, 15) is 4.79 Å². The molecule has 0 fully saturated rings. The lowest BCUT2D eigenvalue weighted by molar-refractivity contribution is -0.130. The molecular weight excluding hydrogens is 156 g/mol. The lowest BCUT2D eigenvalue weighted by Gasteiger charge is -1.95. The zero-order valence-corrected chi connectivity index (χ0v) is 7.05. The second-order valence-corrected chi connectivity index (χ2v) is 2.61. The summed E-state index contributed by atoms with van der Waals surface area (Å²) in [5, 5.41) is 8.63. The number of hydrogen-bond donors (Lipinski definition) is 1. The normalized spacial score (nSPS) is 9.83. The molecule has 0 aromatic carbocycles. The van der Waals surface area contributed by atoms with Crippen LogP contribution in [0.2, 0.25) is 0 Å². The van der Waals surface area contributed by atoms with Gasteiger partial charge in [0, 0.05) is 5.56 Å². The Morgan fingerprint density at radius 2 is 2.17 bits per heavy atom. The zero-order valence-electron chi connectivity index (χ0n) is 7.05. The van der Waals surface area contributed by atoms with E-state index in [1.807, 2.05) is 0 Å². The Morgan fingerprint density at radius 3 is 2.50 bits per heavy atom. The molecule has 0 radical (unpaired) electrons. The highest BCUT2D eigenvalue weighted by atomic mass is 16.4. The molecule has 1 aromatic rings. The Kier molecular flexibility index (Phi) is 2.04. The van der Waals surface area contributed by atoms with E-state index in [0.29, 0.717) is 17.1 Å². The minimum atomic E-state index is -1.01. The summed E-state index contributed by atoms with van der Waals surface area (Å²) < 4.78 is 5.16. The van der Waals surface area contributed by atoms with Crippen molar-refractivity contribution in [2.45, 2.75) is 13.8 Å². The molecule has 0 unspecified atom stereocenters. The van der Waals surface area contributed by atoms with Gasteiger partial charge in [0.05, 0.1) is 5.57 Å². The Balaban J connectivity index is 3.11. The Hall–Kier alpha value is -1.51. The van der Waals surface area contributed by atoms with Gasteiger partial charge in [-0.05, 0) is 19.9 Å². The van der Waals surface area contributed by atoms with Crippen LogP contribution in [0.1, 0.15) is 17.1 Å². The predicted molar refractivity (Wildman–Crippen MR) is 44.9 cm³/mol. The summed E-state index contributed by atoms with van der Waals surface area (Å²) in [7, 11) is 0. The highest BCUT2D eigenvalue weighted by Crippen LogP contribution is 2.20. The molecular formula is C9H10O3. The molecule has 12 heavy (non-hydrogen) atoms. The number of hydrogen-bond acceptors (Lipinski definition) is 2. The average molecular weight is 166 g/mol. The first-order valence-corrected chi connectivity index (χ1v) is 3.52. The van der Waals surface area contributed by atoms with Crippen molar-refractivity contribution in [3.63, 3.8) is 0 Å². The van der Waals surface area contributed by atoms with Gasteiger partial charge in [0.25, 0.3) is 0 Å². The largest absolute Gasteiger partial charge is 0.478 e. The van der Waals surface area contributed by atoms with Gasteiger partial charge in [-0.1, -0.05) is 6.58 Å². The van der Waals surface area contributed by atoms with Gasteiger partial charge in [0.2, 0.25) is 0 Å². The van der Waals surface area contributed by atoms with E-state index in [-0.39, 0.29) is 5.57 Å². The van der Waals surface area contributed by atoms with Gasteiger partial charge in [-0.25, -0.2) is 4.79 Å². The topological polar surface area (TPSA) is 50.4 Å². The number of aliphatic carboxylic acids is 1. The molecule has 1 rings (SSSR count). The Labute approximate surface area is 70.3 Å². The number of furan rings is 1. The first-order valence-electron chi connectivity index (χ1n) is 3.52. The van der Waals surface area contributed by atoms with Crippen molar-refractivity contribution in [2.24, 2.45) is 0 Å². The molecule has 0 spiro atoms. The predicted octanol–water partition coefficient (Wildman–Crippen LogP) is 1.99. The van der Waals surface area contributed by atoms with E-state index in [1.165, 1.54) is 0 Å². The molecule has 1 N–H and O–H groups in total. The SMILES string of the molecule is C=C(C(=O)O)c1cc(C)oc1C. The van der Waals surface area contributed by atoms with E-state index >= 15 is 0 Å². The van der Waals surface area contributed by atoms with Crippen LogP contribution in [-0.4, -0.2) is 11.1 Å². The van der Waals surface area contributed by atoms with Gasteiger partial charge in [0.1, 0.15) is 11.5 Å². The third-order valence-electron chi connectivity index (χ3n) is 1.62. The summed E-state index contributed by atoms with van der Waals surface area (Å²) in [5.41, 5.74) is 0.643. The molecule has 0 saturated carbocycles. The van der Waals surface area contributed by atoms with Crippen LogP contribution in [0, 0.1) is 13.8 Å². The summed E-state index contributed by atoms with van der Waals surface area (Å²) in [6, 6.07) is 1.67. The number of aryl methyl sites for hydroxylation is 2. The van der Waals surface area contributed by atoms with E-state index in [4.69, 9.17) is 9.52 Å². The molecule has 1 aromatic heterocycles. The van der Waals surface area contributed by atoms with Crippen LogP contribution in [0.3, 0.4) is 0 Å². The van der Waals surface area contributed by atoms with Crippen LogP contribution in [0.4, 0.5) is 0 Å². The van der Waals surface area contributed by atoms with Crippen molar-refractivity contribution >= 4 is 11.5 Å². The molecule has 0 saturated heterocycles. The van der Waals surface area contributed by atoms with Crippen LogP contribution >= 0.6 is 0 Å². The molecule has 0 aliphatic carbocycles. The third kappa shape index (κ3) is 1.39. The fourth-order valence-corrected chi connectivity index (χ4v) is 1.05. The number of carboxylic acid groups (broad SMARTS) is 1. The summed E-state index contributed by atoms with van der Waals surface area (Å²) in [6.07, 6.45) is 0. The van der Waals surface area contributed by atoms with Crippen LogP contribution in [0.5, 0.6) is 0 Å². The maximum absolute atomic E-state index is 10.5. The number of rotatable bonds is 2. The van der Waals surface area contributed by atoms with E-state index in [2.05, 4.69) is 6.58 Å². The molecule has 0 amide bonds. The molecule has 1 heterocycles. The molecule has 0 atom stereocenters. The summed E-state index contributed by atoms with van der Waals surface area (Å²) in [5.74, 6) is 0.281. The smallest absolute Gasteiger partial charge is 0.335 e. The Bertz CT molecular complexity index is 334. The molecule has 3 nitrogen and oxygen atoms in total. The van der Waals surface area contributed by atoms with Gasteiger partial charge < -0.3 is 9.52 Å². The molecule has 3 heteroatoms. The summed E-state index contributed by atoms with van der Waals surface area (Å²) >= 11 is 0. The number of carbonyl (C=O) groups is 1. The third-order valence-corrected chi connectivity index (χ3v) is 1.62. The monoisotopic (exact) mass is 166 g/mol. The first kappa shape index (κ1) is 8.59. The zero-order chi connectivity index (χ0) is 9.30. The molecule has 0 bridgehead atoms. The van der Waals surface area contributed by atoms with E-state index in [1.54, 1.807) is 19.9 Å². The van der Waals surface area contributed by atoms with Crippen molar-refractivity contribution in [1.82, 2.24) is 0 Å². The van der Waals surface area contributed by atoms with Gasteiger partial charge in [-0.2, -0.15) is 0 Å². The first-order chi connectivity index (χ1) is 5.52. The van der Waals surface area contributed by atoms with Gasteiger partial charge >= 0.3 is 5.97 Å². The highest BCUT2D eigenvalue weighted by molar-refractivity contribution is 6.14. The fourth-order valence-electron chi connectivity index (χ4n) is 1.05. The number of carboxylic acids is 1. The standard InChI is InChI=1S/C9H10O3/c1-5-4-8(7(3)12-5)6(2)9(10)11/h4H,2H2,1,3H3,(H,10,11). The summed E-state index contributed by atoms with van der Waals surface area (Å²) in [4.78, 5) is 10.5. The van der Waals surface area contributed by atoms with Crippen molar-refractivity contribution in [1.29, 1.82) is 0 Å². The van der Waals surface area contributed by atoms with E-state index < -0.39 is 5.97 Å². The van der Waals surface area contributed by atoms with Crippen molar-refractivity contribution in [3.05, 3.63) is 29.7 Å². The van der Waals surface area contributed by atoms with Gasteiger partial charge in [-0.15, -0.1) is 0 Å². The molecule has 0 aliphatic rings. The van der Waals surface area contributed by atoms with Crippen molar-refractivity contribution < 1.29 is 14.3 Å². The molecule has 0 aliphatic heterocycles. The second kappa shape index (κ2) is 2.85. The van der Waals surface area contributed by atoms with Crippen molar-refractivity contribution in [2.75, 3.05) is 0 Å². The lowest BCUT2D eigenvalue weighted by Crippen LogP contribution is -1.97. The Morgan fingerprint density at radius 1 is 1.58 bits per heavy atom. The van der Waals surface area contributed by atoms with Crippen molar-refractivity contribution in [3.8, 4) is 0 Å². The highest BCUT2D eigenvalue weighted by Gasteiger charge is 2.13. The lowest BCUT2D eigenvalue weighted by atomic mass is 10.1. The fraction of sp³-hybridized carbons (Fsp3) is 0.222. The van der Waals surface area contributed by atoms with Gasteiger partial charge in [0.15, 0.2) is 0 Å². The maximum atomic E-state index is 10.5. The molecule has 64 valence electrons. The van der Waals surface area contributed by atoms with Crippen LogP contribution in [0.25, 0.3) is 5.57 Å². The minimum Gasteiger partial charge on any atom is -0.478 e. The second-order valence-electron chi connectivity index (χ2n) is 2.61. The van der Waals surface area contributed by atoms with Crippen LogP contribution < -0.4 is 0 Å². The average Bonchev–Trinajstić information content (AvgIpc) is 2.28. The van der Waals surface area contributed by atoms with Gasteiger partial charge in [-0.3, -0.25) is 0 Å². The summed E-state index contributed by atoms with van der Waals surface area (Å²) in [6.45, 7) is 6.93. The minimum absolute atomic E-state index is 0.0735.